The molecule has 2 aromatic carbocycles. The van der Waals surface area contributed by atoms with Crippen LogP contribution in [-0.4, -0.2) is 4.98 Å². The molecule has 0 saturated heterocycles. The minimum atomic E-state index is -0.677. The summed E-state index contributed by atoms with van der Waals surface area (Å²) in [5, 5.41) is 10.1. The number of rotatable bonds is 5. The van der Waals surface area contributed by atoms with Crippen LogP contribution >= 0.6 is 0 Å². The number of nitrogen functional groups attached to an aromatic ring is 1. The van der Waals surface area contributed by atoms with Crippen LogP contribution in [0.2, 0.25) is 0 Å². The van der Waals surface area contributed by atoms with Crippen LogP contribution in [0.25, 0.3) is 0 Å². The largest absolute Gasteiger partial charge is 0.384 e. The standard InChI is InChI=1S/C21H19N3/c22-16-21(18-7-3-1-4-8-18,19-9-5-2-6-10-19)14-13-17-11-12-20(23)24-15-17/h1-12,15H,13-14H2,(H2,23,24). The normalized spacial score (nSPS) is 11.0. The van der Waals surface area contributed by atoms with Crippen molar-refractivity contribution in [3.8, 4) is 6.07 Å². The van der Waals surface area contributed by atoms with Crippen LogP contribution in [0.3, 0.4) is 0 Å². The van der Waals surface area contributed by atoms with E-state index < -0.39 is 5.41 Å². The van der Waals surface area contributed by atoms with Gasteiger partial charge in [-0.3, -0.25) is 0 Å². The first kappa shape index (κ1) is 15.8. The number of nitrogens with zero attached hydrogens (tertiary/aromatic N) is 2. The Balaban J connectivity index is 1.99. The lowest BCUT2D eigenvalue weighted by Gasteiger charge is -2.28. The molecule has 0 saturated carbocycles. The fourth-order valence-electron chi connectivity index (χ4n) is 3.00. The van der Waals surface area contributed by atoms with Crippen molar-refractivity contribution in [2.45, 2.75) is 18.3 Å². The molecular formula is C21H19N3. The average molecular weight is 313 g/mol. The summed E-state index contributed by atoms with van der Waals surface area (Å²) in [6.07, 6.45) is 3.22. The Kier molecular flexibility index (Phi) is 4.58. The molecule has 2 N–H and O–H groups in total. The Hall–Kier alpha value is -3.12. The third kappa shape index (κ3) is 3.13. The summed E-state index contributed by atoms with van der Waals surface area (Å²) in [6.45, 7) is 0. The molecule has 0 atom stereocenters. The molecular weight excluding hydrogens is 294 g/mol. The topological polar surface area (TPSA) is 62.7 Å². The second kappa shape index (κ2) is 6.97. The highest BCUT2D eigenvalue weighted by Gasteiger charge is 2.34. The molecule has 0 aliphatic rings. The van der Waals surface area contributed by atoms with Crippen molar-refractivity contribution < 1.29 is 0 Å². The van der Waals surface area contributed by atoms with Crippen molar-refractivity contribution in [3.63, 3.8) is 0 Å². The molecule has 3 heteroatoms. The van der Waals surface area contributed by atoms with Crippen molar-refractivity contribution in [1.29, 1.82) is 5.26 Å². The van der Waals surface area contributed by atoms with E-state index in [0.717, 1.165) is 23.1 Å². The predicted molar refractivity (Wildman–Crippen MR) is 96.2 cm³/mol. The first-order valence-electron chi connectivity index (χ1n) is 7.97. The minimum Gasteiger partial charge on any atom is -0.384 e. The summed E-state index contributed by atoms with van der Waals surface area (Å²) in [5.41, 5.74) is 8.09. The molecule has 118 valence electrons. The van der Waals surface area contributed by atoms with Gasteiger partial charge in [0.1, 0.15) is 11.2 Å². The maximum Gasteiger partial charge on any atom is 0.123 e. The Morgan fingerprint density at radius 1 is 0.875 bits per heavy atom. The van der Waals surface area contributed by atoms with Gasteiger partial charge in [-0.25, -0.2) is 4.98 Å². The highest BCUT2D eigenvalue weighted by atomic mass is 14.8. The summed E-state index contributed by atoms with van der Waals surface area (Å²) in [6, 6.07) is 26.3. The highest BCUT2D eigenvalue weighted by molar-refractivity contribution is 5.46. The summed E-state index contributed by atoms with van der Waals surface area (Å²) >= 11 is 0. The smallest absolute Gasteiger partial charge is 0.123 e. The average Bonchev–Trinajstić information content (AvgIpc) is 2.66. The van der Waals surface area contributed by atoms with Crippen LogP contribution in [0.5, 0.6) is 0 Å². The van der Waals surface area contributed by atoms with Gasteiger partial charge in [-0.05, 0) is 35.6 Å². The number of hydrogen-bond donors (Lipinski definition) is 1. The third-order valence-corrected chi connectivity index (χ3v) is 4.36. The summed E-state index contributed by atoms with van der Waals surface area (Å²) in [5.74, 6) is 0.511. The van der Waals surface area contributed by atoms with Gasteiger partial charge in [0, 0.05) is 6.20 Å². The lowest BCUT2D eigenvalue weighted by molar-refractivity contribution is 0.592. The Morgan fingerprint density at radius 3 is 1.92 bits per heavy atom. The van der Waals surface area contributed by atoms with Crippen molar-refractivity contribution in [1.82, 2.24) is 4.98 Å². The van der Waals surface area contributed by atoms with Crippen molar-refractivity contribution >= 4 is 5.82 Å². The number of anilines is 1. The second-order valence-electron chi connectivity index (χ2n) is 5.84. The molecule has 3 nitrogen and oxygen atoms in total. The van der Waals surface area contributed by atoms with E-state index in [1.807, 2.05) is 66.7 Å². The fraction of sp³-hybridized carbons (Fsp3) is 0.143. The number of aromatic nitrogens is 1. The molecule has 0 aliphatic carbocycles. The van der Waals surface area contributed by atoms with Crippen molar-refractivity contribution in [2.24, 2.45) is 0 Å². The van der Waals surface area contributed by atoms with E-state index in [-0.39, 0.29) is 0 Å². The first-order chi connectivity index (χ1) is 11.7. The van der Waals surface area contributed by atoms with E-state index in [9.17, 15) is 5.26 Å². The van der Waals surface area contributed by atoms with Crippen molar-refractivity contribution in [2.75, 3.05) is 5.73 Å². The SMILES string of the molecule is N#CC(CCc1ccc(N)nc1)(c1ccccc1)c1ccccc1. The molecule has 0 unspecified atom stereocenters. The Labute approximate surface area is 142 Å². The van der Waals surface area contributed by atoms with E-state index >= 15 is 0 Å². The van der Waals surface area contributed by atoms with Crippen LogP contribution in [0.1, 0.15) is 23.1 Å². The molecule has 0 fully saturated rings. The van der Waals surface area contributed by atoms with Gasteiger partial charge in [-0.1, -0.05) is 66.7 Å². The van der Waals surface area contributed by atoms with Crippen LogP contribution in [0.4, 0.5) is 5.82 Å². The van der Waals surface area contributed by atoms with Gasteiger partial charge in [0.25, 0.3) is 0 Å². The van der Waals surface area contributed by atoms with Gasteiger partial charge in [0.05, 0.1) is 6.07 Å². The fourth-order valence-corrected chi connectivity index (χ4v) is 3.00. The van der Waals surface area contributed by atoms with Gasteiger partial charge < -0.3 is 5.73 Å². The minimum absolute atomic E-state index is 0.511. The molecule has 0 amide bonds. The molecule has 0 radical (unpaired) electrons. The molecule has 1 heterocycles. The number of benzene rings is 2. The van der Waals surface area contributed by atoms with Crippen LogP contribution in [-0.2, 0) is 11.8 Å². The summed E-state index contributed by atoms with van der Waals surface area (Å²) in [4.78, 5) is 4.15. The second-order valence-corrected chi connectivity index (χ2v) is 5.84. The lowest BCUT2D eigenvalue weighted by atomic mass is 9.72. The molecule has 0 bridgehead atoms. The first-order valence-corrected chi connectivity index (χ1v) is 7.97. The molecule has 0 aliphatic heterocycles. The van der Waals surface area contributed by atoms with E-state index in [0.29, 0.717) is 12.2 Å². The van der Waals surface area contributed by atoms with Crippen LogP contribution in [0.15, 0.2) is 79.0 Å². The van der Waals surface area contributed by atoms with Crippen LogP contribution < -0.4 is 5.73 Å². The lowest BCUT2D eigenvalue weighted by Crippen LogP contribution is -2.26. The number of nitriles is 1. The maximum absolute atomic E-state index is 10.1. The number of pyridine rings is 1. The van der Waals surface area contributed by atoms with Gasteiger partial charge in [0.15, 0.2) is 0 Å². The van der Waals surface area contributed by atoms with Crippen LogP contribution in [0, 0.1) is 11.3 Å². The van der Waals surface area contributed by atoms with Crippen molar-refractivity contribution in [3.05, 3.63) is 95.7 Å². The van der Waals surface area contributed by atoms with Gasteiger partial charge in [0.2, 0.25) is 0 Å². The summed E-state index contributed by atoms with van der Waals surface area (Å²) < 4.78 is 0. The molecule has 3 rings (SSSR count). The molecule has 0 spiro atoms. The van der Waals surface area contributed by atoms with Gasteiger partial charge in [-0.15, -0.1) is 0 Å². The molecule has 3 aromatic rings. The zero-order valence-corrected chi connectivity index (χ0v) is 13.4. The van der Waals surface area contributed by atoms with E-state index in [1.54, 1.807) is 12.3 Å². The van der Waals surface area contributed by atoms with Gasteiger partial charge in [-0.2, -0.15) is 5.26 Å². The third-order valence-electron chi connectivity index (χ3n) is 4.36. The number of hydrogen-bond acceptors (Lipinski definition) is 3. The Bertz CT molecular complexity index is 779. The quantitative estimate of drug-likeness (QED) is 0.771. The van der Waals surface area contributed by atoms with E-state index in [1.165, 1.54) is 0 Å². The molecule has 24 heavy (non-hydrogen) atoms. The van der Waals surface area contributed by atoms with E-state index in [4.69, 9.17) is 5.73 Å². The predicted octanol–water partition coefficient (Wildman–Crippen LogP) is 4.11. The maximum atomic E-state index is 10.1. The summed E-state index contributed by atoms with van der Waals surface area (Å²) in [7, 11) is 0. The van der Waals surface area contributed by atoms with Gasteiger partial charge >= 0.3 is 0 Å². The zero-order chi connectivity index (χ0) is 16.8. The Morgan fingerprint density at radius 2 is 1.46 bits per heavy atom. The number of aryl methyl sites for hydroxylation is 1. The monoisotopic (exact) mass is 313 g/mol. The number of nitrogens with two attached hydrogens (primary N) is 1. The highest BCUT2D eigenvalue weighted by Crippen LogP contribution is 2.36. The zero-order valence-electron chi connectivity index (χ0n) is 13.4. The van der Waals surface area contributed by atoms with E-state index in [2.05, 4.69) is 11.1 Å². The molecule has 1 aromatic heterocycles.